The summed E-state index contributed by atoms with van der Waals surface area (Å²) in [5.74, 6) is 6.31. The molecule has 0 amide bonds. The van der Waals surface area contributed by atoms with Crippen molar-refractivity contribution in [2.45, 2.75) is 0 Å². The number of fused-ring (bicyclic) bond motifs is 1. The van der Waals surface area contributed by atoms with Crippen molar-refractivity contribution < 1.29 is 0 Å². The van der Waals surface area contributed by atoms with Crippen LogP contribution in [-0.4, -0.2) is 4.98 Å². The third kappa shape index (κ3) is 2.52. The quantitative estimate of drug-likeness (QED) is 0.561. The smallest absolute Gasteiger partial charge is 0.0432 e. The van der Waals surface area contributed by atoms with Gasteiger partial charge >= 0.3 is 0 Å². The number of rotatable bonds is 0. The van der Waals surface area contributed by atoms with Gasteiger partial charge in [0.1, 0.15) is 0 Å². The van der Waals surface area contributed by atoms with E-state index >= 15 is 0 Å². The molecule has 0 fully saturated rings. The Morgan fingerprint density at radius 2 is 1.79 bits per heavy atom. The van der Waals surface area contributed by atoms with E-state index in [1.165, 1.54) is 10.8 Å². The van der Waals surface area contributed by atoms with Gasteiger partial charge in [0.2, 0.25) is 0 Å². The molecule has 0 bridgehead atoms. The summed E-state index contributed by atoms with van der Waals surface area (Å²) >= 11 is 3.64. The maximum absolute atomic E-state index is 4.06. The highest BCUT2D eigenvalue weighted by molar-refractivity contribution is 9.10. The third-order valence-corrected chi connectivity index (χ3v) is 3.72. The van der Waals surface area contributed by atoms with E-state index in [1.54, 1.807) is 12.4 Å². The number of benzene rings is 2. The van der Waals surface area contributed by atoms with Gasteiger partial charge in [0.05, 0.1) is 0 Å². The molecular formula is C17H10BrN. The Morgan fingerprint density at radius 1 is 0.895 bits per heavy atom. The average Bonchev–Trinajstić information content (AvgIpc) is 2.48. The summed E-state index contributed by atoms with van der Waals surface area (Å²) in [6.45, 7) is 0. The molecule has 0 spiro atoms. The summed E-state index contributed by atoms with van der Waals surface area (Å²) < 4.78 is 1.04. The largest absolute Gasteiger partial charge is 0.263 e. The van der Waals surface area contributed by atoms with Gasteiger partial charge in [-0.25, -0.2) is 0 Å². The van der Waals surface area contributed by atoms with Gasteiger partial charge in [0.15, 0.2) is 0 Å². The molecule has 3 aromatic rings. The van der Waals surface area contributed by atoms with Crippen LogP contribution in [0.2, 0.25) is 0 Å². The number of aromatic nitrogens is 1. The lowest BCUT2D eigenvalue weighted by atomic mass is 10.1. The molecule has 0 unspecified atom stereocenters. The van der Waals surface area contributed by atoms with Gasteiger partial charge in [-0.05, 0) is 44.9 Å². The summed E-state index contributed by atoms with van der Waals surface area (Å²) in [7, 11) is 0. The van der Waals surface area contributed by atoms with Crippen molar-refractivity contribution >= 4 is 26.7 Å². The van der Waals surface area contributed by atoms with E-state index in [2.05, 4.69) is 51.0 Å². The number of hydrogen-bond acceptors (Lipinski definition) is 1. The Bertz CT molecular complexity index is 782. The lowest BCUT2D eigenvalue weighted by molar-refractivity contribution is 1.31. The molecule has 0 radical (unpaired) electrons. The Kier molecular flexibility index (Phi) is 3.31. The molecule has 19 heavy (non-hydrogen) atoms. The monoisotopic (exact) mass is 307 g/mol. The molecule has 0 aliphatic rings. The van der Waals surface area contributed by atoms with Gasteiger partial charge in [0.25, 0.3) is 0 Å². The fraction of sp³-hybridized carbons (Fsp3) is 0. The fourth-order valence-corrected chi connectivity index (χ4v) is 2.50. The van der Waals surface area contributed by atoms with Gasteiger partial charge < -0.3 is 0 Å². The predicted molar refractivity (Wildman–Crippen MR) is 81.9 cm³/mol. The topological polar surface area (TPSA) is 12.9 Å². The number of hydrogen-bond donors (Lipinski definition) is 0. The molecular weight excluding hydrogens is 298 g/mol. The zero-order valence-corrected chi connectivity index (χ0v) is 11.7. The highest BCUT2D eigenvalue weighted by atomic mass is 79.9. The molecule has 0 saturated heterocycles. The van der Waals surface area contributed by atoms with Gasteiger partial charge in [-0.3, -0.25) is 4.98 Å². The molecule has 0 N–H and O–H groups in total. The summed E-state index contributed by atoms with van der Waals surface area (Å²) in [6.07, 6.45) is 3.51. The zero-order valence-electron chi connectivity index (χ0n) is 10.1. The van der Waals surface area contributed by atoms with Crippen molar-refractivity contribution in [3.8, 4) is 11.8 Å². The van der Waals surface area contributed by atoms with Crippen LogP contribution in [0.25, 0.3) is 10.8 Å². The van der Waals surface area contributed by atoms with Crippen LogP contribution in [0.15, 0.2) is 65.4 Å². The first kappa shape index (κ1) is 12.0. The van der Waals surface area contributed by atoms with E-state index in [0.717, 1.165) is 15.6 Å². The summed E-state index contributed by atoms with van der Waals surface area (Å²) in [4.78, 5) is 4.06. The Hall–Kier alpha value is -2.11. The summed E-state index contributed by atoms with van der Waals surface area (Å²) in [6, 6.07) is 16.2. The van der Waals surface area contributed by atoms with Crippen molar-refractivity contribution in [2.24, 2.45) is 0 Å². The van der Waals surface area contributed by atoms with Gasteiger partial charge in [-0.1, -0.05) is 42.2 Å². The van der Waals surface area contributed by atoms with Gasteiger partial charge in [-0.15, -0.1) is 0 Å². The Morgan fingerprint density at radius 3 is 2.63 bits per heavy atom. The Balaban J connectivity index is 2.08. The van der Waals surface area contributed by atoms with Crippen LogP contribution in [0.5, 0.6) is 0 Å². The van der Waals surface area contributed by atoms with Crippen LogP contribution >= 0.6 is 15.9 Å². The first-order chi connectivity index (χ1) is 9.34. The fourth-order valence-electron chi connectivity index (χ4n) is 1.91. The van der Waals surface area contributed by atoms with Crippen LogP contribution in [-0.2, 0) is 0 Å². The summed E-state index contributed by atoms with van der Waals surface area (Å²) in [5.41, 5.74) is 1.91. The van der Waals surface area contributed by atoms with E-state index in [4.69, 9.17) is 0 Å². The number of nitrogens with zero attached hydrogens (tertiary/aromatic N) is 1. The van der Waals surface area contributed by atoms with Crippen molar-refractivity contribution in [1.82, 2.24) is 4.98 Å². The maximum Gasteiger partial charge on any atom is 0.0432 e. The van der Waals surface area contributed by atoms with Crippen LogP contribution in [0.3, 0.4) is 0 Å². The minimum atomic E-state index is 0.919. The van der Waals surface area contributed by atoms with Gasteiger partial charge in [-0.2, -0.15) is 0 Å². The van der Waals surface area contributed by atoms with Crippen molar-refractivity contribution in [1.29, 1.82) is 0 Å². The predicted octanol–water partition coefficient (Wildman–Crippen LogP) is 4.40. The number of pyridine rings is 1. The van der Waals surface area contributed by atoms with Crippen molar-refractivity contribution in [3.63, 3.8) is 0 Å². The van der Waals surface area contributed by atoms with E-state index in [0.29, 0.717) is 0 Å². The molecule has 0 aliphatic heterocycles. The maximum atomic E-state index is 4.06. The lowest BCUT2D eigenvalue weighted by Gasteiger charge is -2.02. The molecule has 3 rings (SSSR count). The van der Waals surface area contributed by atoms with E-state index in [1.807, 2.05) is 30.3 Å². The van der Waals surface area contributed by atoms with Crippen molar-refractivity contribution in [2.75, 3.05) is 0 Å². The third-order valence-electron chi connectivity index (χ3n) is 2.87. The molecule has 2 aromatic carbocycles. The molecule has 0 aliphatic carbocycles. The standard InChI is InChI=1S/C17H10BrN/c18-17-15(8-7-13-4-3-11-19-12-13)10-9-14-5-1-2-6-16(14)17/h1-6,9-12H. The molecule has 0 saturated carbocycles. The molecule has 1 aromatic heterocycles. The minimum absolute atomic E-state index is 0.919. The second-order valence-corrected chi connectivity index (χ2v) is 4.93. The van der Waals surface area contributed by atoms with E-state index in [9.17, 15) is 0 Å². The molecule has 90 valence electrons. The normalized spacial score (nSPS) is 9.95. The molecule has 1 heterocycles. The van der Waals surface area contributed by atoms with Crippen LogP contribution < -0.4 is 0 Å². The molecule has 2 heteroatoms. The van der Waals surface area contributed by atoms with E-state index < -0.39 is 0 Å². The zero-order chi connectivity index (χ0) is 13.1. The first-order valence-corrected chi connectivity index (χ1v) is 6.73. The Labute approximate surface area is 120 Å². The van der Waals surface area contributed by atoms with Crippen LogP contribution in [0.1, 0.15) is 11.1 Å². The lowest BCUT2D eigenvalue weighted by Crippen LogP contribution is -1.82. The van der Waals surface area contributed by atoms with Crippen molar-refractivity contribution in [3.05, 3.63) is 76.5 Å². The highest BCUT2D eigenvalue weighted by Crippen LogP contribution is 2.27. The van der Waals surface area contributed by atoms with E-state index in [-0.39, 0.29) is 0 Å². The van der Waals surface area contributed by atoms with Crippen LogP contribution in [0, 0.1) is 11.8 Å². The highest BCUT2D eigenvalue weighted by Gasteiger charge is 2.01. The number of halogens is 1. The SMILES string of the molecule is Brc1c(C#Cc2cccnc2)ccc2ccccc12. The second-order valence-electron chi connectivity index (χ2n) is 4.14. The first-order valence-electron chi connectivity index (χ1n) is 5.94. The molecule has 1 nitrogen and oxygen atoms in total. The van der Waals surface area contributed by atoms with Gasteiger partial charge in [0, 0.05) is 28.0 Å². The van der Waals surface area contributed by atoms with Crippen LogP contribution in [0.4, 0.5) is 0 Å². The average molecular weight is 308 g/mol. The summed E-state index contributed by atoms with van der Waals surface area (Å²) in [5, 5.41) is 2.39. The minimum Gasteiger partial charge on any atom is -0.263 e. The second kappa shape index (κ2) is 5.26. The molecule has 0 atom stereocenters.